The summed E-state index contributed by atoms with van der Waals surface area (Å²) in [5.74, 6) is 0.889. The summed E-state index contributed by atoms with van der Waals surface area (Å²) in [6.45, 7) is 8.52. The summed E-state index contributed by atoms with van der Waals surface area (Å²) >= 11 is 1.80. The second-order valence-electron chi connectivity index (χ2n) is 6.05. The molecule has 4 nitrogen and oxygen atoms in total. The molecular weight excluding hydrogens is 304 g/mol. The maximum atomic E-state index is 4.36. The Morgan fingerprint density at radius 2 is 2.22 bits per heavy atom. The van der Waals surface area contributed by atoms with Gasteiger partial charge in [0.05, 0.1) is 0 Å². The Morgan fingerprint density at radius 1 is 1.39 bits per heavy atom. The molecular formula is C18H30N4S. The van der Waals surface area contributed by atoms with Gasteiger partial charge in [-0.1, -0.05) is 19.1 Å². The van der Waals surface area contributed by atoms with Crippen molar-refractivity contribution in [1.29, 1.82) is 0 Å². The van der Waals surface area contributed by atoms with Crippen molar-refractivity contribution in [2.24, 2.45) is 4.99 Å². The highest BCUT2D eigenvalue weighted by Gasteiger charge is 2.22. The van der Waals surface area contributed by atoms with E-state index in [1.165, 1.54) is 35.4 Å². The van der Waals surface area contributed by atoms with Crippen molar-refractivity contribution in [3.05, 3.63) is 29.3 Å². The number of likely N-dealkylation sites (tertiary alicyclic amines) is 1. The summed E-state index contributed by atoms with van der Waals surface area (Å²) in [4.78, 5) is 8.24. The SMILES string of the molecule is CCN1CCCC1CNC(=NC)NCc1ccc(C)cc1SC. The van der Waals surface area contributed by atoms with Crippen LogP contribution in [0.15, 0.2) is 28.1 Å². The van der Waals surface area contributed by atoms with E-state index in [1.54, 1.807) is 11.8 Å². The van der Waals surface area contributed by atoms with Gasteiger partial charge in [0, 0.05) is 31.1 Å². The van der Waals surface area contributed by atoms with E-state index in [9.17, 15) is 0 Å². The van der Waals surface area contributed by atoms with Gasteiger partial charge in [-0.25, -0.2) is 0 Å². The Bertz CT molecular complexity index is 530. The van der Waals surface area contributed by atoms with Crippen molar-refractivity contribution in [2.45, 2.75) is 44.2 Å². The van der Waals surface area contributed by atoms with Crippen LogP contribution in [-0.2, 0) is 6.54 Å². The number of aryl methyl sites for hydroxylation is 1. The Kier molecular flexibility index (Phi) is 7.24. The predicted molar refractivity (Wildman–Crippen MR) is 101 cm³/mol. The molecule has 23 heavy (non-hydrogen) atoms. The molecule has 0 saturated carbocycles. The molecule has 0 radical (unpaired) electrons. The third kappa shape index (κ3) is 5.15. The highest BCUT2D eigenvalue weighted by atomic mass is 32.2. The van der Waals surface area contributed by atoms with Crippen LogP contribution < -0.4 is 10.6 Å². The zero-order valence-electron chi connectivity index (χ0n) is 14.9. The maximum absolute atomic E-state index is 4.36. The molecule has 1 atom stereocenters. The zero-order chi connectivity index (χ0) is 16.7. The summed E-state index contributed by atoms with van der Waals surface area (Å²) in [6.07, 6.45) is 4.73. The van der Waals surface area contributed by atoms with Gasteiger partial charge in [0.15, 0.2) is 5.96 Å². The highest BCUT2D eigenvalue weighted by molar-refractivity contribution is 7.98. The van der Waals surface area contributed by atoms with E-state index >= 15 is 0 Å². The average molecular weight is 335 g/mol. The van der Waals surface area contributed by atoms with Crippen molar-refractivity contribution in [2.75, 3.05) is 32.9 Å². The number of thioether (sulfide) groups is 1. The molecule has 1 heterocycles. The molecule has 1 aliphatic heterocycles. The van der Waals surface area contributed by atoms with Crippen molar-refractivity contribution >= 4 is 17.7 Å². The lowest BCUT2D eigenvalue weighted by molar-refractivity contribution is 0.267. The van der Waals surface area contributed by atoms with Gasteiger partial charge in [0.1, 0.15) is 0 Å². The van der Waals surface area contributed by atoms with Gasteiger partial charge < -0.3 is 10.6 Å². The summed E-state index contributed by atoms with van der Waals surface area (Å²) in [5, 5.41) is 6.93. The predicted octanol–water partition coefficient (Wildman–Crippen LogP) is 2.87. The van der Waals surface area contributed by atoms with Gasteiger partial charge in [0.25, 0.3) is 0 Å². The van der Waals surface area contributed by atoms with Crippen LogP contribution >= 0.6 is 11.8 Å². The molecule has 1 aromatic rings. The normalized spacial score (nSPS) is 19.1. The first-order chi connectivity index (χ1) is 11.2. The molecule has 0 amide bonds. The van der Waals surface area contributed by atoms with E-state index in [0.717, 1.165) is 25.6 Å². The third-order valence-electron chi connectivity index (χ3n) is 4.52. The van der Waals surface area contributed by atoms with E-state index in [2.05, 4.69) is 58.8 Å². The van der Waals surface area contributed by atoms with Gasteiger partial charge in [-0.3, -0.25) is 9.89 Å². The number of hydrogen-bond donors (Lipinski definition) is 2. The zero-order valence-corrected chi connectivity index (χ0v) is 15.7. The van der Waals surface area contributed by atoms with Crippen LogP contribution in [0.1, 0.15) is 30.9 Å². The standard InChI is InChI=1S/C18H30N4S/c1-5-22-10-6-7-16(22)13-21-18(19-3)20-12-15-9-8-14(2)11-17(15)23-4/h8-9,11,16H,5-7,10,12-13H2,1-4H3,(H2,19,20,21). The number of benzene rings is 1. The van der Waals surface area contributed by atoms with Crippen LogP contribution in [0.3, 0.4) is 0 Å². The second kappa shape index (κ2) is 9.18. The molecule has 0 aromatic heterocycles. The molecule has 0 bridgehead atoms. The Hall–Kier alpha value is -1.20. The van der Waals surface area contributed by atoms with Gasteiger partial charge >= 0.3 is 0 Å². The lowest BCUT2D eigenvalue weighted by atomic mass is 10.1. The van der Waals surface area contributed by atoms with Gasteiger partial charge in [-0.2, -0.15) is 0 Å². The minimum atomic E-state index is 0.639. The number of guanidine groups is 1. The van der Waals surface area contributed by atoms with Crippen molar-refractivity contribution in [1.82, 2.24) is 15.5 Å². The first kappa shape index (κ1) is 18.1. The molecule has 0 aliphatic carbocycles. The van der Waals surface area contributed by atoms with Crippen LogP contribution in [0.4, 0.5) is 0 Å². The molecule has 1 saturated heterocycles. The monoisotopic (exact) mass is 334 g/mol. The van der Waals surface area contributed by atoms with Gasteiger partial charge in [-0.05, 0) is 56.3 Å². The molecule has 1 fully saturated rings. The summed E-state index contributed by atoms with van der Waals surface area (Å²) in [5.41, 5.74) is 2.63. The number of nitrogens with zero attached hydrogens (tertiary/aromatic N) is 2. The smallest absolute Gasteiger partial charge is 0.191 e. The summed E-state index contributed by atoms with van der Waals surface area (Å²) < 4.78 is 0. The fourth-order valence-corrected chi connectivity index (χ4v) is 3.86. The topological polar surface area (TPSA) is 39.7 Å². The fraction of sp³-hybridized carbons (Fsp3) is 0.611. The van der Waals surface area contributed by atoms with E-state index in [-0.39, 0.29) is 0 Å². The molecule has 1 aromatic carbocycles. The highest BCUT2D eigenvalue weighted by Crippen LogP contribution is 2.21. The largest absolute Gasteiger partial charge is 0.355 e. The van der Waals surface area contributed by atoms with Crippen molar-refractivity contribution in [3.8, 4) is 0 Å². The van der Waals surface area contributed by atoms with Crippen LogP contribution in [0.25, 0.3) is 0 Å². The number of aliphatic imine (C=N–C) groups is 1. The van der Waals surface area contributed by atoms with Crippen LogP contribution in [-0.4, -0.2) is 49.8 Å². The quantitative estimate of drug-likeness (QED) is 0.477. The number of nitrogens with one attached hydrogen (secondary N) is 2. The Balaban J connectivity index is 1.86. The van der Waals surface area contributed by atoms with Crippen molar-refractivity contribution < 1.29 is 0 Å². The number of likely N-dealkylation sites (N-methyl/N-ethyl adjacent to an activating group) is 1. The van der Waals surface area contributed by atoms with Gasteiger partial charge in [0.2, 0.25) is 0 Å². The maximum Gasteiger partial charge on any atom is 0.191 e. The molecule has 1 unspecified atom stereocenters. The van der Waals surface area contributed by atoms with Crippen molar-refractivity contribution in [3.63, 3.8) is 0 Å². The Morgan fingerprint density at radius 3 is 2.91 bits per heavy atom. The molecule has 2 N–H and O–H groups in total. The van der Waals surface area contributed by atoms with E-state index in [4.69, 9.17) is 0 Å². The van der Waals surface area contributed by atoms with E-state index in [0.29, 0.717) is 6.04 Å². The molecule has 1 aliphatic rings. The molecule has 5 heteroatoms. The van der Waals surface area contributed by atoms with E-state index in [1.807, 2.05) is 7.05 Å². The number of rotatable bonds is 6. The Labute approximate surface area is 145 Å². The molecule has 2 rings (SSSR count). The van der Waals surface area contributed by atoms with Crippen LogP contribution in [0.2, 0.25) is 0 Å². The minimum absolute atomic E-state index is 0.639. The second-order valence-corrected chi connectivity index (χ2v) is 6.89. The first-order valence-corrected chi connectivity index (χ1v) is 9.72. The third-order valence-corrected chi connectivity index (χ3v) is 5.34. The fourth-order valence-electron chi connectivity index (χ4n) is 3.15. The van der Waals surface area contributed by atoms with Gasteiger partial charge in [-0.15, -0.1) is 11.8 Å². The lowest BCUT2D eigenvalue weighted by Gasteiger charge is -2.24. The molecule has 128 valence electrons. The van der Waals surface area contributed by atoms with E-state index < -0.39 is 0 Å². The van der Waals surface area contributed by atoms with Crippen LogP contribution in [0, 0.1) is 6.92 Å². The first-order valence-electron chi connectivity index (χ1n) is 8.50. The summed E-state index contributed by atoms with van der Waals surface area (Å²) in [6, 6.07) is 7.26. The lowest BCUT2D eigenvalue weighted by Crippen LogP contribution is -2.44. The minimum Gasteiger partial charge on any atom is -0.355 e. The summed E-state index contributed by atoms with van der Waals surface area (Å²) in [7, 11) is 1.84. The average Bonchev–Trinajstić information content (AvgIpc) is 3.03. The number of hydrogen-bond acceptors (Lipinski definition) is 3. The van der Waals surface area contributed by atoms with Crippen LogP contribution in [0.5, 0.6) is 0 Å². The molecule has 0 spiro atoms.